The second kappa shape index (κ2) is 13.9. The number of amides is 2. The number of carbonyl (C=O) groups excluding carboxylic acids is 2. The zero-order valence-corrected chi connectivity index (χ0v) is 24.5. The van der Waals surface area contributed by atoms with Gasteiger partial charge < -0.3 is 25.0 Å². The van der Waals surface area contributed by atoms with Gasteiger partial charge in [-0.15, -0.1) is 11.3 Å². The highest BCUT2D eigenvalue weighted by Gasteiger charge is 2.38. The number of carboxylic acid groups (broad SMARTS) is 1. The van der Waals surface area contributed by atoms with E-state index in [1.165, 1.54) is 36.8 Å². The van der Waals surface area contributed by atoms with E-state index in [-0.39, 0.29) is 27.8 Å². The summed E-state index contributed by atoms with van der Waals surface area (Å²) in [5, 5.41) is 15.4. The second-order valence-electron chi connectivity index (χ2n) is 8.11. The van der Waals surface area contributed by atoms with E-state index in [2.05, 4.69) is 20.6 Å². The molecule has 3 heterocycles. The summed E-state index contributed by atoms with van der Waals surface area (Å²) in [6.45, 7) is 2.35. The van der Waals surface area contributed by atoms with Crippen LogP contribution in [0.25, 0.3) is 0 Å². The van der Waals surface area contributed by atoms with Gasteiger partial charge in [0, 0.05) is 35.2 Å². The Bertz CT molecular complexity index is 1610. The number of pyridine rings is 1. The van der Waals surface area contributed by atoms with Crippen LogP contribution >= 0.6 is 46.1 Å². The number of nitrogens with zero attached hydrogens (tertiary/aromatic N) is 3. The molecule has 4 rings (SSSR count). The number of hydrogen-bond donors (Lipinski definition) is 3. The summed E-state index contributed by atoms with van der Waals surface area (Å²) in [5.74, 6) is -2.49. The third kappa shape index (κ3) is 8.35. The Morgan fingerprint density at radius 2 is 1.76 bits per heavy atom. The first kappa shape index (κ1) is 32.7. The lowest BCUT2D eigenvalue weighted by Crippen LogP contribution is -2.21. The van der Waals surface area contributed by atoms with Crippen molar-refractivity contribution in [1.82, 2.24) is 14.5 Å². The third-order valence-corrected chi connectivity index (χ3v) is 7.27. The molecule has 0 radical (unpaired) electrons. The van der Waals surface area contributed by atoms with E-state index in [0.717, 1.165) is 11.4 Å². The van der Waals surface area contributed by atoms with Crippen LogP contribution in [-0.2, 0) is 11.3 Å². The second-order valence-corrected chi connectivity index (χ2v) is 10.2. The lowest BCUT2D eigenvalue weighted by molar-refractivity contribution is -0.192. The Kier molecular flexibility index (Phi) is 10.8. The minimum atomic E-state index is -5.08. The molecule has 0 aliphatic heterocycles. The van der Waals surface area contributed by atoms with E-state index < -0.39 is 24.0 Å². The molecule has 0 spiro atoms. The van der Waals surface area contributed by atoms with Crippen molar-refractivity contribution in [2.45, 2.75) is 19.6 Å². The van der Waals surface area contributed by atoms with Crippen LogP contribution in [0.3, 0.4) is 0 Å². The molecule has 0 atom stereocenters. The Morgan fingerprint density at radius 3 is 2.31 bits per heavy atom. The minimum absolute atomic E-state index is 0.0846. The number of benzene rings is 1. The Hall–Kier alpha value is -3.85. The molecule has 3 N–H and O–H groups in total. The molecule has 0 saturated carbocycles. The number of anilines is 2. The molecule has 0 fully saturated rings. The third-order valence-electron chi connectivity index (χ3n) is 5.25. The smallest absolute Gasteiger partial charge is 0.490 e. The number of hydrogen-bond acceptors (Lipinski definition) is 7. The number of halogens is 6. The maximum absolute atomic E-state index is 13.2. The summed E-state index contributed by atoms with van der Waals surface area (Å²) in [6, 6.07) is 6.06. The summed E-state index contributed by atoms with van der Waals surface area (Å²) in [7, 11) is 1.41. The van der Waals surface area contributed by atoms with Crippen LogP contribution in [0.4, 0.5) is 24.7 Å². The van der Waals surface area contributed by atoms with E-state index in [4.69, 9.17) is 49.4 Å². The summed E-state index contributed by atoms with van der Waals surface area (Å²) in [5.41, 5.74) is 1.00. The predicted molar refractivity (Wildman–Crippen MR) is 152 cm³/mol. The first-order valence-corrected chi connectivity index (χ1v) is 13.4. The highest BCUT2D eigenvalue weighted by atomic mass is 35.5. The number of imidazole rings is 1. The minimum Gasteiger partial charge on any atom is -0.494 e. The highest BCUT2D eigenvalue weighted by Crippen LogP contribution is 2.35. The standard InChI is InChI=1S/C23H18Cl3N5O3S.C2HF3O2/c1-12-27-5-6-31(12)10-13-11-35-21(19(13)26)23(33)30-20-16(7-15(25)8-17(20)34-2)22(32)29-18-4-3-14(24)9-28-18;3-2(4,5)1(6)7/h3-9,11H,10H2,1-2H3,(H,30,33)(H,28,29,32);(H,6,7). The van der Waals surface area contributed by atoms with Crippen LogP contribution in [0.1, 0.15) is 31.4 Å². The van der Waals surface area contributed by atoms with Gasteiger partial charge in [-0.2, -0.15) is 13.2 Å². The lowest BCUT2D eigenvalue weighted by Gasteiger charge is -2.15. The molecular formula is C25H19Cl3F3N5O5S. The van der Waals surface area contributed by atoms with Crippen molar-refractivity contribution < 1.29 is 37.4 Å². The number of methoxy groups -OCH3 is 1. The molecular weight excluding hydrogens is 646 g/mol. The van der Waals surface area contributed by atoms with E-state index in [1.54, 1.807) is 18.3 Å². The fourth-order valence-corrected chi connectivity index (χ4v) is 4.81. The first-order valence-electron chi connectivity index (χ1n) is 11.4. The zero-order chi connectivity index (χ0) is 31.2. The number of aryl methyl sites for hydroxylation is 1. The van der Waals surface area contributed by atoms with E-state index in [0.29, 0.717) is 21.5 Å². The number of nitrogens with one attached hydrogen (secondary N) is 2. The van der Waals surface area contributed by atoms with Crippen molar-refractivity contribution in [1.29, 1.82) is 0 Å². The maximum atomic E-state index is 13.2. The molecule has 222 valence electrons. The normalized spacial score (nSPS) is 10.9. The molecule has 1 aromatic carbocycles. The fourth-order valence-electron chi connectivity index (χ4n) is 3.25. The van der Waals surface area contributed by atoms with Crippen molar-refractivity contribution in [2.24, 2.45) is 0 Å². The molecule has 17 heteroatoms. The van der Waals surface area contributed by atoms with Crippen LogP contribution in [0.2, 0.25) is 15.1 Å². The molecule has 0 saturated heterocycles. The Labute approximate surface area is 255 Å². The number of aromatic nitrogens is 3. The molecule has 2 amide bonds. The molecule has 10 nitrogen and oxygen atoms in total. The number of alkyl halides is 3. The van der Waals surface area contributed by atoms with Crippen LogP contribution in [0.5, 0.6) is 5.75 Å². The van der Waals surface area contributed by atoms with Gasteiger partial charge in [0.1, 0.15) is 22.3 Å². The van der Waals surface area contributed by atoms with Crippen LogP contribution in [0, 0.1) is 6.92 Å². The van der Waals surface area contributed by atoms with Crippen LogP contribution in [0.15, 0.2) is 48.2 Å². The number of carboxylic acids is 1. The SMILES string of the molecule is COc1cc(Cl)cc(C(=O)Nc2ccc(Cl)cn2)c1NC(=O)c1scc(Cn2ccnc2C)c1Cl.O=C(O)C(F)(F)F. The largest absolute Gasteiger partial charge is 0.494 e. The fraction of sp³-hybridized carbons (Fsp3) is 0.160. The lowest BCUT2D eigenvalue weighted by atomic mass is 10.1. The molecule has 3 aromatic heterocycles. The summed E-state index contributed by atoms with van der Waals surface area (Å²) in [6.07, 6.45) is -0.148. The van der Waals surface area contributed by atoms with Gasteiger partial charge in [-0.3, -0.25) is 9.59 Å². The van der Waals surface area contributed by atoms with Crippen molar-refractivity contribution in [3.05, 3.63) is 85.1 Å². The first-order chi connectivity index (χ1) is 19.7. The molecule has 42 heavy (non-hydrogen) atoms. The van der Waals surface area contributed by atoms with Gasteiger partial charge in [0.25, 0.3) is 11.8 Å². The van der Waals surface area contributed by atoms with Crippen molar-refractivity contribution in [3.8, 4) is 5.75 Å². The van der Waals surface area contributed by atoms with Crippen LogP contribution < -0.4 is 15.4 Å². The van der Waals surface area contributed by atoms with Crippen molar-refractivity contribution >= 4 is 75.4 Å². The quantitative estimate of drug-likeness (QED) is 0.198. The van der Waals surface area contributed by atoms with Crippen molar-refractivity contribution in [2.75, 3.05) is 17.7 Å². The molecule has 0 bridgehead atoms. The monoisotopic (exact) mass is 663 g/mol. The van der Waals surface area contributed by atoms with Gasteiger partial charge >= 0.3 is 12.1 Å². The van der Waals surface area contributed by atoms with E-state index >= 15 is 0 Å². The van der Waals surface area contributed by atoms with E-state index in [1.807, 2.05) is 23.1 Å². The van der Waals surface area contributed by atoms with Gasteiger partial charge in [-0.05, 0) is 30.5 Å². The van der Waals surface area contributed by atoms with Gasteiger partial charge in [0.15, 0.2) is 0 Å². The van der Waals surface area contributed by atoms with Gasteiger partial charge in [0.05, 0.1) is 35.0 Å². The number of ether oxygens (including phenoxy) is 1. The maximum Gasteiger partial charge on any atom is 0.490 e. The Balaban J connectivity index is 0.000000616. The number of thiophene rings is 1. The van der Waals surface area contributed by atoms with Crippen molar-refractivity contribution in [3.63, 3.8) is 0 Å². The van der Waals surface area contributed by atoms with Gasteiger partial charge in [-0.25, -0.2) is 14.8 Å². The van der Waals surface area contributed by atoms with Gasteiger partial charge in [-0.1, -0.05) is 34.8 Å². The Morgan fingerprint density at radius 1 is 1.07 bits per heavy atom. The number of aliphatic carboxylic acids is 1. The average molecular weight is 665 g/mol. The number of carbonyl (C=O) groups is 3. The predicted octanol–water partition coefficient (Wildman–Crippen LogP) is 6.80. The number of rotatable bonds is 7. The molecule has 0 aliphatic carbocycles. The van der Waals surface area contributed by atoms with E-state index in [9.17, 15) is 22.8 Å². The summed E-state index contributed by atoms with van der Waals surface area (Å²) in [4.78, 5) is 43.7. The summed E-state index contributed by atoms with van der Waals surface area (Å²) < 4.78 is 39.0. The summed E-state index contributed by atoms with van der Waals surface area (Å²) >= 11 is 19.8. The molecule has 0 unspecified atom stereocenters. The average Bonchev–Trinajstić information content (AvgIpc) is 3.50. The van der Waals surface area contributed by atoms with Gasteiger partial charge in [0.2, 0.25) is 0 Å². The zero-order valence-electron chi connectivity index (χ0n) is 21.4. The van der Waals surface area contributed by atoms with Crippen LogP contribution in [-0.4, -0.2) is 50.7 Å². The molecule has 0 aliphatic rings. The molecule has 4 aromatic rings. The highest BCUT2D eigenvalue weighted by molar-refractivity contribution is 7.13. The topological polar surface area (TPSA) is 135 Å².